The van der Waals surface area contributed by atoms with Gasteiger partial charge >= 0.3 is 5.97 Å². The number of nitrogens with one attached hydrogen (secondary N) is 1. The minimum absolute atomic E-state index is 0.146. The molecule has 0 saturated carbocycles. The number of benzene rings is 2. The van der Waals surface area contributed by atoms with Crippen molar-refractivity contribution in [1.29, 1.82) is 0 Å². The summed E-state index contributed by atoms with van der Waals surface area (Å²) in [4.78, 5) is 23.1. The summed E-state index contributed by atoms with van der Waals surface area (Å²) >= 11 is 0. The van der Waals surface area contributed by atoms with Crippen molar-refractivity contribution in [1.82, 2.24) is 5.32 Å². The van der Waals surface area contributed by atoms with Crippen LogP contribution < -0.4 is 5.32 Å². The maximum Gasteiger partial charge on any atom is 0.335 e. The fourth-order valence-corrected chi connectivity index (χ4v) is 2.45. The first-order valence-electron chi connectivity index (χ1n) is 8.33. The van der Waals surface area contributed by atoms with Crippen molar-refractivity contribution < 1.29 is 19.4 Å². The standard InChI is InChI=1S/C20H23NO4/c1-2-10-25-14-18-8-4-3-7-17(18)13-21-19(22)12-15-6-5-9-16(11-15)20(23)24/h3-9,11H,2,10,12-14H2,1H3,(H,21,22)(H,23,24). The highest BCUT2D eigenvalue weighted by Gasteiger charge is 2.08. The molecule has 25 heavy (non-hydrogen) atoms. The quantitative estimate of drug-likeness (QED) is 0.687. The lowest BCUT2D eigenvalue weighted by atomic mass is 10.1. The van der Waals surface area contributed by atoms with E-state index in [1.807, 2.05) is 24.3 Å². The molecule has 0 aliphatic carbocycles. The van der Waals surface area contributed by atoms with Crippen molar-refractivity contribution in [3.05, 3.63) is 70.8 Å². The smallest absolute Gasteiger partial charge is 0.335 e. The van der Waals surface area contributed by atoms with E-state index in [9.17, 15) is 9.59 Å². The summed E-state index contributed by atoms with van der Waals surface area (Å²) in [7, 11) is 0. The van der Waals surface area contributed by atoms with E-state index in [4.69, 9.17) is 9.84 Å². The lowest BCUT2D eigenvalue weighted by molar-refractivity contribution is -0.120. The van der Waals surface area contributed by atoms with Crippen LogP contribution in [0.1, 0.15) is 40.4 Å². The topological polar surface area (TPSA) is 75.6 Å². The van der Waals surface area contributed by atoms with Gasteiger partial charge in [-0.3, -0.25) is 4.79 Å². The molecule has 2 rings (SSSR count). The van der Waals surface area contributed by atoms with Gasteiger partial charge in [-0.1, -0.05) is 43.3 Å². The molecule has 0 aliphatic heterocycles. The fraction of sp³-hybridized carbons (Fsp3) is 0.300. The second-order valence-electron chi connectivity index (χ2n) is 5.78. The maximum absolute atomic E-state index is 12.1. The molecule has 2 N–H and O–H groups in total. The maximum atomic E-state index is 12.1. The average molecular weight is 341 g/mol. The molecule has 0 radical (unpaired) electrons. The second kappa shape index (κ2) is 9.59. The van der Waals surface area contributed by atoms with Gasteiger partial charge in [-0.05, 0) is 35.2 Å². The van der Waals surface area contributed by atoms with Gasteiger partial charge in [-0.2, -0.15) is 0 Å². The van der Waals surface area contributed by atoms with E-state index in [-0.39, 0.29) is 17.9 Å². The molecule has 0 saturated heterocycles. The van der Waals surface area contributed by atoms with Crippen LogP contribution >= 0.6 is 0 Å². The fourth-order valence-electron chi connectivity index (χ4n) is 2.45. The Bertz CT molecular complexity index is 727. The van der Waals surface area contributed by atoms with E-state index in [1.165, 1.54) is 12.1 Å². The van der Waals surface area contributed by atoms with Gasteiger partial charge in [0.2, 0.25) is 5.91 Å². The first kappa shape index (κ1) is 18.7. The van der Waals surface area contributed by atoms with E-state index >= 15 is 0 Å². The third kappa shape index (κ3) is 6.04. The zero-order chi connectivity index (χ0) is 18.1. The van der Waals surface area contributed by atoms with Crippen LogP contribution in [0.3, 0.4) is 0 Å². The van der Waals surface area contributed by atoms with Gasteiger partial charge in [-0.25, -0.2) is 4.79 Å². The van der Waals surface area contributed by atoms with Crippen molar-refractivity contribution in [2.75, 3.05) is 6.61 Å². The van der Waals surface area contributed by atoms with E-state index in [2.05, 4.69) is 12.2 Å². The monoisotopic (exact) mass is 341 g/mol. The van der Waals surface area contributed by atoms with Gasteiger partial charge in [0.15, 0.2) is 0 Å². The number of hydrogen-bond acceptors (Lipinski definition) is 3. The van der Waals surface area contributed by atoms with E-state index in [0.717, 1.165) is 17.5 Å². The molecule has 0 bridgehead atoms. The normalized spacial score (nSPS) is 10.4. The van der Waals surface area contributed by atoms with E-state index in [1.54, 1.807) is 12.1 Å². The van der Waals surface area contributed by atoms with Gasteiger partial charge in [0.25, 0.3) is 0 Å². The molecule has 0 atom stereocenters. The number of rotatable bonds is 9. The third-order valence-corrected chi connectivity index (χ3v) is 3.74. The van der Waals surface area contributed by atoms with Crippen molar-refractivity contribution in [2.24, 2.45) is 0 Å². The van der Waals surface area contributed by atoms with Gasteiger partial charge in [0.05, 0.1) is 18.6 Å². The van der Waals surface area contributed by atoms with Crippen LogP contribution in [0, 0.1) is 0 Å². The number of ether oxygens (including phenoxy) is 1. The first-order chi connectivity index (χ1) is 12.1. The lowest BCUT2D eigenvalue weighted by Crippen LogP contribution is -2.25. The Morgan fingerprint density at radius 3 is 2.56 bits per heavy atom. The molecule has 2 aromatic rings. The van der Waals surface area contributed by atoms with Crippen LogP contribution in [0.2, 0.25) is 0 Å². The highest BCUT2D eigenvalue weighted by molar-refractivity contribution is 5.88. The predicted molar refractivity (Wildman–Crippen MR) is 95.3 cm³/mol. The van der Waals surface area contributed by atoms with Gasteiger partial charge in [0, 0.05) is 13.2 Å². The highest BCUT2D eigenvalue weighted by atomic mass is 16.5. The third-order valence-electron chi connectivity index (χ3n) is 3.74. The molecule has 0 spiro atoms. The van der Waals surface area contributed by atoms with Gasteiger partial charge in [0.1, 0.15) is 0 Å². The van der Waals surface area contributed by atoms with Gasteiger partial charge in [-0.15, -0.1) is 0 Å². The minimum atomic E-state index is -0.997. The Balaban J connectivity index is 1.92. The molecular weight excluding hydrogens is 318 g/mol. The minimum Gasteiger partial charge on any atom is -0.478 e. The van der Waals surface area contributed by atoms with Crippen LogP contribution in [-0.4, -0.2) is 23.6 Å². The van der Waals surface area contributed by atoms with Crippen molar-refractivity contribution in [2.45, 2.75) is 32.9 Å². The van der Waals surface area contributed by atoms with Crippen LogP contribution in [0.15, 0.2) is 48.5 Å². The predicted octanol–water partition coefficient (Wildman–Crippen LogP) is 3.17. The largest absolute Gasteiger partial charge is 0.478 e. The summed E-state index contributed by atoms with van der Waals surface area (Å²) in [6.45, 7) is 3.72. The molecule has 0 fully saturated rings. The van der Waals surface area contributed by atoms with E-state index < -0.39 is 5.97 Å². The van der Waals surface area contributed by atoms with Crippen molar-refractivity contribution in [3.8, 4) is 0 Å². The number of hydrogen-bond donors (Lipinski definition) is 2. The molecule has 5 heteroatoms. The molecule has 5 nitrogen and oxygen atoms in total. The van der Waals surface area contributed by atoms with E-state index in [0.29, 0.717) is 25.3 Å². The summed E-state index contributed by atoms with van der Waals surface area (Å²) in [6.07, 6.45) is 1.12. The lowest BCUT2D eigenvalue weighted by Gasteiger charge is -2.11. The van der Waals surface area contributed by atoms with Crippen LogP contribution in [-0.2, 0) is 29.1 Å². The molecule has 0 heterocycles. The molecule has 0 unspecified atom stereocenters. The number of carbonyl (C=O) groups is 2. The molecular formula is C20H23NO4. The zero-order valence-electron chi connectivity index (χ0n) is 14.3. The Morgan fingerprint density at radius 2 is 1.84 bits per heavy atom. The molecule has 1 amide bonds. The summed E-state index contributed by atoms with van der Waals surface area (Å²) in [5.41, 5.74) is 2.94. The second-order valence-corrected chi connectivity index (χ2v) is 5.78. The molecule has 0 aliphatic rings. The molecule has 132 valence electrons. The number of carbonyl (C=O) groups excluding carboxylic acids is 1. The van der Waals surface area contributed by atoms with Crippen LogP contribution in [0.4, 0.5) is 0 Å². The Kier molecular flexibility index (Phi) is 7.16. The molecule has 2 aromatic carbocycles. The first-order valence-corrected chi connectivity index (χ1v) is 8.33. The van der Waals surface area contributed by atoms with Crippen LogP contribution in [0.25, 0.3) is 0 Å². The molecule has 0 aromatic heterocycles. The van der Waals surface area contributed by atoms with Crippen molar-refractivity contribution >= 4 is 11.9 Å². The van der Waals surface area contributed by atoms with Crippen molar-refractivity contribution in [3.63, 3.8) is 0 Å². The summed E-state index contributed by atoms with van der Waals surface area (Å²) in [5.74, 6) is -1.14. The number of carboxylic acid groups (broad SMARTS) is 1. The zero-order valence-corrected chi connectivity index (χ0v) is 14.3. The summed E-state index contributed by atoms with van der Waals surface area (Å²) < 4.78 is 5.58. The number of amides is 1. The Morgan fingerprint density at radius 1 is 1.08 bits per heavy atom. The summed E-state index contributed by atoms with van der Waals surface area (Å²) in [5, 5.41) is 11.9. The number of aromatic carboxylic acids is 1. The highest BCUT2D eigenvalue weighted by Crippen LogP contribution is 2.11. The Hall–Kier alpha value is -2.66. The Labute approximate surface area is 147 Å². The van der Waals surface area contributed by atoms with Gasteiger partial charge < -0.3 is 15.2 Å². The average Bonchev–Trinajstić information content (AvgIpc) is 2.61. The van der Waals surface area contributed by atoms with Crippen LogP contribution in [0.5, 0.6) is 0 Å². The SMILES string of the molecule is CCCOCc1ccccc1CNC(=O)Cc1cccc(C(=O)O)c1. The number of carboxylic acids is 1. The summed E-state index contributed by atoms with van der Waals surface area (Å²) in [6, 6.07) is 14.3.